The summed E-state index contributed by atoms with van der Waals surface area (Å²) in [5.74, 6) is 0.376. The van der Waals surface area contributed by atoms with E-state index in [-0.39, 0.29) is 0 Å². The van der Waals surface area contributed by atoms with Gasteiger partial charge in [0.25, 0.3) is 0 Å². The van der Waals surface area contributed by atoms with E-state index in [4.69, 9.17) is 14.0 Å². The number of aliphatic carboxylic acids is 1. The monoisotopic (exact) mass is 512 g/mol. The summed E-state index contributed by atoms with van der Waals surface area (Å²) in [4.78, 5) is 24.3. The quantitative estimate of drug-likeness (QED) is 0.269. The second kappa shape index (κ2) is 10.0. The first kappa shape index (κ1) is 25.1. The second-order valence-corrected chi connectivity index (χ2v) is 9.45. The number of ether oxygens (including phenoxy) is 2. The molecule has 1 saturated carbocycles. The summed E-state index contributed by atoms with van der Waals surface area (Å²) in [5, 5.41) is 16.4. The molecule has 8 nitrogen and oxygen atoms in total. The van der Waals surface area contributed by atoms with Gasteiger partial charge in [0.05, 0.1) is 12.5 Å². The van der Waals surface area contributed by atoms with Crippen LogP contribution in [0.1, 0.15) is 42.8 Å². The fraction of sp³-hybridized carbons (Fsp3) is 0.233. The van der Waals surface area contributed by atoms with Crippen molar-refractivity contribution in [2.75, 3.05) is 12.4 Å². The van der Waals surface area contributed by atoms with Crippen LogP contribution in [-0.4, -0.2) is 29.4 Å². The zero-order valence-electron chi connectivity index (χ0n) is 21.4. The molecule has 8 heteroatoms. The first-order valence-electron chi connectivity index (χ1n) is 12.3. The van der Waals surface area contributed by atoms with E-state index in [0.29, 0.717) is 35.7 Å². The van der Waals surface area contributed by atoms with Crippen LogP contribution in [-0.2, 0) is 14.9 Å². The number of aromatic nitrogens is 1. The number of methoxy groups -OCH3 is 1. The maximum atomic E-state index is 12.7. The van der Waals surface area contributed by atoms with E-state index < -0.39 is 23.6 Å². The number of carboxylic acids is 1. The molecule has 0 saturated heterocycles. The largest absolute Gasteiger partial charge is 0.497 e. The Morgan fingerprint density at radius 3 is 2.24 bits per heavy atom. The van der Waals surface area contributed by atoms with Gasteiger partial charge in [-0.2, -0.15) is 0 Å². The molecule has 194 valence electrons. The molecule has 1 aromatic heterocycles. The molecule has 1 fully saturated rings. The first-order chi connectivity index (χ1) is 18.3. The van der Waals surface area contributed by atoms with Crippen molar-refractivity contribution in [3.05, 3.63) is 89.7 Å². The average Bonchev–Trinajstić information content (AvgIpc) is 3.68. The molecular formula is C30H28N2O6. The van der Waals surface area contributed by atoms with E-state index in [2.05, 4.69) is 10.5 Å². The Balaban J connectivity index is 1.29. The highest BCUT2D eigenvalue weighted by Gasteiger charge is 2.51. The first-order valence-corrected chi connectivity index (χ1v) is 12.3. The Labute approximate surface area is 220 Å². The number of anilines is 1. The minimum absolute atomic E-state index is 0.438. The van der Waals surface area contributed by atoms with Crippen LogP contribution in [0.4, 0.5) is 10.5 Å². The summed E-state index contributed by atoms with van der Waals surface area (Å²) in [7, 11) is 1.58. The second-order valence-electron chi connectivity index (χ2n) is 9.45. The number of rotatable bonds is 8. The molecule has 0 bridgehead atoms. The molecule has 1 aliphatic carbocycles. The van der Waals surface area contributed by atoms with Crippen molar-refractivity contribution in [2.45, 2.75) is 38.2 Å². The smallest absolute Gasteiger partial charge is 0.412 e. The normalized spacial score (nSPS) is 14.4. The van der Waals surface area contributed by atoms with Gasteiger partial charge in [-0.15, -0.1) is 0 Å². The molecular weight excluding hydrogens is 484 g/mol. The van der Waals surface area contributed by atoms with Crippen molar-refractivity contribution in [3.63, 3.8) is 0 Å². The number of benzene rings is 3. The van der Waals surface area contributed by atoms with Gasteiger partial charge in [-0.1, -0.05) is 65.8 Å². The highest BCUT2D eigenvalue weighted by Crippen LogP contribution is 2.48. The van der Waals surface area contributed by atoms with E-state index in [1.54, 1.807) is 21.0 Å². The third-order valence-electron chi connectivity index (χ3n) is 7.03. The zero-order valence-corrected chi connectivity index (χ0v) is 21.4. The van der Waals surface area contributed by atoms with Crippen LogP contribution in [0, 0.1) is 6.92 Å². The number of hydrogen-bond acceptors (Lipinski definition) is 6. The van der Waals surface area contributed by atoms with Crippen molar-refractivity contribution in [3.8, 4) is 28.1 Å². The number of aryl methyl sites for hydroxylation is 1. The standard InChI is InChI=1S/C30H28N2O6/c1-18(23-5-4-6-25(17-23)36-3)37-29(35)31-26-19(2)38-32-27(26)22-9-7-20(8-10-22)21-11-13-24(14-12-21)30(15-16-30)28(33)34/h4-14,17-18H,15-16H2,1-3H3,(H,31,35)(H,33,34)/t18-/m1/s1. The molecule has 5 rings (SSSR count). The summed E-state index contributed by atoms with van der Waals surface area (Å²) in [6.07, 6.45) is 0.235. The van der Waals surface area contributed by atoms with Gasteiger partial charge in [0.1, 0.15) is 23.2 Å². The maximum Gasteiger partial charge on any atom is 0.412 e. The van der Waals surface area contributed by atoms with Gasteiger partial charge in [-0.25, -0.2) is 4.79 Å². The van der Waals surface area contributed by atoms with Crippen LogP contribution in [0.15, 0.2) is 77.3 Å². The van der Waals surface area contributed by atoms with E-state index in [1.807, 2.05) is 72.8 Å². The van der Waals surface area contributed by atoms with Gasteiger partial charge in [-0.05, 0) is 61.1 Å². The third-order valence-corrected chi connectivity index (χ3v) is 7.03. The lowest BCUT2D eigenvalue weighted by atomic mass is 9.93. The van der Waals surface area contributed by atoms with Crippen LogP contribution < -0.4 is 10.1 Å². The molecule has 1 atom stereocenters. The van der Waals surface area contributed by atoms with E-state index in [9.17, 15) is 14.7 Å². The van der Waals surface area contributed by atoms with Gasteiger partial charge in [0, 0.05) is 5.56 Å². The van der Waals surface area contributed by atoms with Gasteiger partial charge in [0.2, 0.25) is 0 Å². The predicted octanol–water partition coefficient (Wildman–Crippen LogP) is 6.75. The van der Waals surface area contributed by atoms with Gasteiger partial charge < -0.3 is 19.1 Å². The highest BCUT2D eigenvalue weighted by atomic mass is 16.6. The number of hydrogen-bond donors (Lipinski definition) is 2. The van der Waals surface area contributed by atoms with Crippen molar-refractivity contribution >= 4 is 17.7 Å². The van der Waals surface area contributed by atoms with Crippen LogP contribution in [0.2, 0.25) is 0 Å². The SMILES string of the molecule is COc1cccc([C@@H](C)OC(=O)Nc2c(-c3ccc(-c4ccc(C5(C(=O)O)CC5)cc4)cc3)noc2C)c1. The molecule has 3 aromatic carbocycles. The Bertz CT molecular complexity index is 1470. The lowest BCUT2D eigenvalue weighted by molar-refractivity contribution is -0.140. The van der Waals surface area contributed by atoms with Crippen molar-refractivity contribution in [1.82, 2.24) is 5.16 Å². The zero-order chi connectivity index (χ0) is 26.9. The van der Waals surface area contributed by atoms with Gasteiger partial charge >= 0.3 is 12.1 Å². The fourth-order valence-electron chi connectivity index (χ4n) is 4.52. The molecule has 0 aliphatic heterocycles. The topological polar surface area (TPSA) is 111 Å². The van der Waals surface area contributed by atoms with E-state index in [0.717, 1.165) is 27.8 Å². The summed E-state index contributed by atoms with van der Waals surface area (Å²) in [6.45, 7) is 3.50. The van der Waals surface area contributed by atoms with E-state index in [1.165, 1.54) is 0 Å². The Morgan fingerprint density at radius 2 is 1.63 bits per heavy atom. The number of nitrogens with zero attached hydrogens (tertiary/aromatic N) is 1. The number of amides is 1. The molecule has 1 amide bonds. The molecule has 0 unspecified atom stereocenters. The van der Waals surface area contributed by atoms with Crippen molar-refractivity contribution < 1.29 is 28.7 Å². The van der Waals surface area contributed by atoms with Gasteiger partial charge in [-0.3, -0.25) is 10.1 Å². The Kier molecular flexibility index (Phi) is 6.63. The molecule has 38 heavy (non-hydrogen) atoms. The lowest BCUT2D eigenvalue weighted by Gasteiger charge is -2.15. The lowest BCUT2D eigenvalue weighted by Crippen LogP contribution is -2.19. The third kappa shape index (κ3) is 4.85. The number of carbonyl (C=O) groups is 2. The minimum Gasteiger partial charge on any atom is -0.497 e. The number of carbonyl (C=O) groups excluding carboxylic acids is 1. The summed E-state index contributed by atoms with van der Waals surface area (Å²) < 4.78 is 16.2. The van der Waals surface area contributed by atoms with Gasteiger partial charge in [0.15, 0.2) is 5.76 Å². The number of nitrogens with one attached hydrogen (secondary N) is 1. The molecule has 0 spiro atoms. The summed E-state index contributed by atoms with van der Waals surface area (Å²) >= 11 is 0. The Morgan fingerprint density at radius 1 is 1.00 bits per heavy atom. The van der Waals surface area contributed by atoms with Crippen LogP contribution in [0.3, 0.4) is 0 Å². The highest BCUT2D eigenvalue weighted by molar-refractivity contribution is 5.91. The van der Waals surface area contributed by atoms with Crippen molar-refractivity contribution in [2.24, 2.45) is 0 Å². The summed E-state index contributed by atoms with van der Waals surface area (Å²) in [6, 6.07) is 22.7. The molecule has 1 aliphatic rings. The minimum atomic E-state index is -0.763. The molecule has 1 heterocycles. The average molecular weight is 513 g/mol. The molecule has 2 N–H and O–H groups in total. The summed E-state index contributed by atoms with van der Waals surface area (Å²) in [5.41, 5.74) is 4.58. The van der Waals surface area contributed by atoms with Crippen LogP contribution in [0.5, 0.6) is 5.75 Å². The molecule has 4 aromatic rings. The van der Waals surface area contributed by atoms with Crippen LogP contribution >= 0.6 is 0 Å². The van der Waals surface area contributed by atoms with Crippen molar-refractivity contribution in [1.29, 1.82) is 0 Å². The maximum absolute atomic E-state index is 12.7. The fourth-order valence-corrected chi connectivity index (χ4v) is 4.52. The van der Waals surface area contributed by atoms with Crippen LogP contribution in [0.25, 0.3) is 22.4 Å². The Hall–Kier alpha value is -4.59. The van der Waals surface area contributed by atoms with E-state index >= 15 is 0 Å². The predicted molar refractivity (Wildman–Crippen MR) is 142 cm³/mol. The number of carboxylic acid groups (broad SMARTS) is 1. The molecule has 0 radical (unpaired) electrons.